The average molecular weight is 267 g/mol. The first-order valence-corrected chi connectivity index (χ1v) is 7.34. The van der Waals surface area contributed by atoms with E-state index in [1.165, 1.54) is 16.7 Å². The van der Waals surface area contributed by atoms with Crippen LogP contribution >= 0.6 is 0 Å². The van der Waals surface area contributed by atoms with Gasteiger partial charge in [-0.05, 0) is 48.6 Å². The van der Waals surface area contributed by atoms with E-state index in [0.717, 1.165) is 31.6 Å². The Morgan fingerprint density at radius 3 is 2.60 bits per heavy atom. The molecule has 0 fully saturated rings. The summed E-state index contributed by atoms with van der Waals surface area (Å²) in [5.74, 6) is 1.61. The van der Waals surface area contributed by atoms with Crippen LogP contribution in [0.2, 0.25) is 0 Å². The lowest BCUT2D eigenvalue weighted by Crippen LogP contribution is -2.23. The second-order valence-electron chi connectivity index (χ2n) is 5.50. The molecule has 1 aliphatic heterocycles. The van der Waals surface area contributed by atoms with Gasteiger partial charge in [-0.25, -0.2) is 0 Å². The molecule has 2 aromatic carbocycles. The second-order valence-corrected chi connectivity index (χ2v) is 5.50. The lowest BCUT2D eigenvalue weighted by atomic mass is 9.89. The van der Waals surface area contributed by atoms with Crippen molar-refractivity contribution in [2.24, 2.45) is 11.7 Å². The molecule has 1 heterocycles. The number of rotatable bonds is 4. The Morgan fingerprint density at radius 1 is 1.00 bits per heavy atom. The van der Waals surface area contributed by atoms with E-state index < -0.39 is 0 Å². The highest BCUT2D eigenvalue weighted by atomic mass is 16.5. The van der Waals surface area contributed by atoms with Crippen LogP contribution in [-0.2, 0) is 19.3 Å². The molecule has 20 heavy (non-hydrogen) atoms. The first-order chi connectivity index (χ1) is 9.86. The maximum atomic E-state index is 5.88. The van der Waals surface area contributed by atoms with Crippen molar-refractivity contribution in [3.05, 3.63) is 65.2 Å². The van der Waals surface area contributed by atoms with Crippen molar-refractivity contribution in [3.63, 3.8) is 0 Å². The SMILES string of the molecule is NCCc1ccccc1CC1COc2ccccc2C1. The molecule has 2 heteroatoms. The van der Waals surface area contributed by atoms with Gasteiger partial charge in [-0.15, -0.1) is 0 Å². The predicted octanol–water partition coefficient (Wildman–Crippen LogP) is 2.98. The first-order valence-electron chi connectivity index (χ1n) is 7.34. The molecule has 0 spiro atoms. The van der Waals surface area contributed by atoms with Gasteiger partial charge in [-0.2, -0.15) is 0 Å². The van der Waals surface area contributed by atoms with E-state index in [2.05, 4.69) is 42.5 Å². The third-order valence-corrected chi connectivity index (χ3v) is 4.00. The fourth-order valence-corrected chi connectivity index (χ4v) is 2.99. The molecule has 0 bridgehead atoms. The molecular weight excluding hydrogens is 246 g/mol. The van der Waals surface area contributed by atoms with Crippen molar-refractivity contribution in [1.82, 2.24) is 0 Å². The van der Waals surface area contributed by atoms with E-state index in [-0.39, 0.29) is 0 Å². The van der Waals surface area contributed by atoms with Gasteiger partial charge in [0.25, 0.3) is 0 Å². The summed E-state index contributed by atoms with van der Waals surface area (Å²) < 4.78 is 5.88. The Bertz CT molecular complexity index is 579. The van der Waals surface area contributed by atoms with Crippen molar-refractivity contribution >= 4 is 0 Å². The average Bonchev–Trinajstić information content (AvgIpc) is 2.49. The second kappa shape index (κ2) is 6.10. The van der Waals surface area contributed by atoms with Crippen LogP contribution in [0.5, 0.6) is 5.75 Å². The fraction of sp³-hybridized carbons (Fsp3) is 0.333. The number of para-hydroxylation sites is 1. The van der Waals surface area contributed by atoms with Gasteiger partial charge in [0, 0.05) is 5.92 Å². The summed E-state index contributed by atoms with van der Waals surface area (Å²) in [7, 11) is 0. The molecule has 1 aliphatic rings. The number of benzene rings is 2. The van der Waals surface area contributed by atoms with Crippen molar-refractivity contribution in [3.8, 4) is 5.75 Å². The Hall–Kier alpha value is -1.80. The number of ether oxygens (including phenoxy) is 1. The number of hydrogen-bond acceptors (Lipinski definition) is 2. The molecule has 0 saturated carbocycles. The molecule has 1 unspecified atom stereocenters. The minimum absolute atomic E-state index is 0.559. The van der Waals surface area contributed by atoms with Crippen LogP contribution in [-0.4, -0.2) is 13.2 Å². The van der Waals surface area contributed by atoms with Crippen LogP contribution in [0.1, 0.15) is 16.7 Å². The summed E-state index contributed by atoms with van der Waals surface area (Å²) in [6.45, 7) is 1.52. The number of fused-ring (bicyclic) bond motifs is 1. The monoisotopic (exact) mass is 267 g/mol. The van der Waals surface area contributed by atoms with Gasteiger partial charge in [0.15, 0.2) is 0 Å². The number of nitrogens with two attached hydrogens (primary N) is 1. The summed E-state index contributed by atoms with van der Waals surface area (Å²) in [4.78, 5) is 0. The van der Waals surface area contributed by atoms with Crippen LogP contribution in [0, 0.1) is 5.92 Å². The van der Waals surface area contributed by atoms with Gasteiger partial charge in [0.2, 0.25) is 0 Å². The third kappa shape index (κ3) is 2.86. The van der Waals surface area contributed by atoms with Gasteiger partial charge in [0.1, 0.15) is 5.75 Å². The quantitative estimate of drug-likeness (QED) is 0.924. The van der Waals surface area contributed by atoms with E-state index in [4.69, 9.17) is 10.5 Å². The lowest BCUT2D eigenvalue weighted by Gasteiger charge is -2.26. The zero-order chi connectivity index (χ0) is 13.8. The zero-order valence-electron chi connectivity index (χ0n) is 11.7. The van der Waals surface area contributed by atoms with Crippen molar-refractivity contribution in [1.29, 1.82) is 0 Å². The van der Waals surface area contributed by atoms with Gasteiger partial charge < -0.3 is 10.5 Å². The lowest BCUT2D eigenvalue weighted by molar-refractivity contribution is 0.221. The Labute approximate surface area is 120 Å². The van der Waals surface area contributed by atoms with Crippen LogP contribution < -0.4 is 10.5 Å². The maximum absolute atomic E-state index is 5.88. The van der Waals surface area contributed by atoms with Crippen LogP contribution in [0.4, 0.5) is 0 Å². The predicted molar refractivity (Wildman–Crippen MR) is 82.0 cm³/mol. The van der Waals surface area contributed by atoms with E-state index in [1.54, 1.807) is 0 Å². The Kier molecular flexibility index (Phi) is 4.03. The summed E-state index contributed by atoms with van der Waals surface area (Å²) in [5.41, 5.74) is 9.84. The summed E-state index contributed by atoms with van der Waals surface area (Å²) >= 11 is 0. The first kappa shape index (κ1) is 13.2. The van der Waals surface area contributed by atoms with Gasteiger partial charge in [0.05, 0.1) is 6.61 Å². The third-order valence-electron chi connectivity index (χ3n) is 4.00. The van der Waals surface area contributed by atoms with E-state index in [0.29, 0.717) is 12.5 Å². The summed E-state index contributed by atoms with van der Waals surface area (Å²) in [5, 5.41) is 0. The molecular formula is C18H21NO. The fourth-order valence-electron chi connectivity index (χ4n) is 2.99. The molecule has 2 N–H and O–H groups in total. The molecule has 2 nitrogen and oxygen atoms in total. The van der Waals surface area contributed by atoms with Crippen LogP contribution in [0.25, 0.3) is 0 Å². The van der Waals surface area contributed by atoms with Crippen molar-refractivity contribution in [2.75, 3.05) is 13.2 Å². The van der Waals surface area contributed by atoms with Gasteiger partial charge >= 0.3 is 0 Å². The molecule has 0 saturated heterocycles. The Morgan fingerprint density at radius 2 is 1.75 bits per heavy atom. The minimum Gasteiger partial charge on any atom is -0.493 e. The molecule has 0 radical (unpaired) electrons. The van der Waals surface area contributed by atoms with Gasteiger partial charge in [-0.3, -0.25) is 0 Å². The van der Waals surface area contributed by atoms with Gasteiger partial charge in [-0.1, -0.05) is 42.5 Å². The number of hydrogen-bond donors (Lipinski definition) is 1. The standard InChI is InChI=1S/C18H21NO/c19-10-9-15-5-1-2-6-16(15)11-14-12-17-7-3-4-8-18(17)20-13-14/h1-8,14H,9-13,19H2. The summed E-state index contributed by atoms with van der Waals surface area (Å²) in [6, 6.07) is 17.0. The van der Waals surface area contributed by atoms with Crippen molar-refractivity contribution < 1.29 is 4.74 Å². The highest BCUT2D eigenvalue weighted by molar-refractivity contribution is 5.36. The largest absolute Gasteiger partial charge is 0.493 e. The minimum atomic E-state index is 0.559. The molecule has 0 amide bonds. The molecule has 3 rings (SSSR count). The molecule has 1 atom stereocenters. The van der Waals surface area contributed by atoms with E-state index in [1.807, 2.05) is 6.07 Å². The molecule has 0 aromatic heterocycles. The highest BCUT2D eigenvalue weighted by Gasteiger charge is 2.20. The molecule has 0 aliphatic carbocycles. The Balaban J connectivity index is 1.74. The van der Waals surface area contributed by atoms with E-state index >= 15 is 0 Å². The van der Waals surface area contributed by atoms with E-state index in [9.17, 15) is 0 Å². The maximum Gasteiger partial charge on any atom is 0.122 e. The topological polar surface area (TPSA) is 35.2 Å². The van der Waals surface area contributed by atoms with Crippen molar-refractivity contribution in [2.45, 2.75) is 19.3 Å². The highest BCUT2D eigenvalue weighted by Crippen LogP contribution is 2.29. The van der Waals surface area contributed by atoms with Crippen LogP contribution in [0.3, 0.4) is 0 Å². The summed E-state index contributed by atoms with van der Waals surface area (Å²) in [6.07, 6.45) is 3.14. The molecule has 104 valence electrons. The normalized spacial score (nSPS) is 17.4. The smallest absolute Gasteiger partial charge is 0.122 e. The molecule has 2 aromatic rings. The zero-order valence-corrected chi connectivity index (χ0v) is 11.7. The van der Waals surface area contributed by atoms with Crippen LogP contribution in [0.15, 0.2) is 48.5 Å².